The van der Waals surface area contributed by atoms with E-state index >= 15 is 0 Å². The fourth-order valence-electron chi connectivity index (χ4n) is 1.90. The first-order chi connectivity index (χ1) is 9.60. The van der Waals surface area contributed by atoms with E-state index in [2.05, 4.69) is 5.16 Å². The molecule has 1 heterocycles. The first-order valence-corrected chi connectivity index (χ1v) is 6.45. The molecule has 5 nitrogen and oxygen atoms in total. The maximum absolute atomic E-state index is 9.74. The van der Waals surface area contributed by atoms with Crippen molar-refractivity contribution in [3.8, 4) is 5.75 Å². The predicted octanol–water partition coefficient (Wildman–Crippen LogP) is 2.76. The van der Waals surface area contributed by atoms with Crippen LogP contribution in [0.5, 0.6) is 5.75 Å². The predicted molar refractivity (Wildman–Crippen MR) is 73.4 cm³/mol. The fraction of sp³-hybridized carbons (Fsp3) is 0.400. The highest BCUT2D eigenvalue weighted by Crippen LogP contribution is 2.27. The van der Waals surface area contributed by atoms with Gasteiger partial charge in [0.2, 0.25) is 0 Å². The van der Waals surface area contributed by atoms with Crippen LogP contribution < -0.4 is 4.74 Å². The van der Waals surface area contributed by atoms with Gasteiger partial charge in [0.1, 0.15) is 24.7 Å². The van der Waals surface area contributed by atoms with Gasteiger partial charge in [0.05, 0.1) is 6.10 Å². The third-order valence-electron chi connectivity index (χ3n) is 2.89. The fourth-order valence-corrected chi connectivity index (χ4v) is 1.90. The van der Waals surface area contributed by atoms with Crippen LogP contribution in [0.15, 0.2) is 28.8 Å². The third kappa shape index (κ3) is 3.59. The lowest BCUT2D eigenvalue weighted by Gasteiger charge is -2.13. The molecule has 0 aliphatic rings. The molecular formula is C15H19NO4. The summed E-state index contributed by atoms with van der Waals surface area (Å²) in [7, 11) is 1.60. The van der Waals surface area contributed by atoms with Gasteiger partial charge >= 0.3 is 0 Å². The van der Waals surface area contributed by atoms with Gasteiger partial charge in [-0.2, -0.15) is 0 Å². The van der Waals surface area contributed by atoms with Gasteiger partial charge in [-0.3, -0.25) is 0 Å². The molecule has 5 heteroatoms. The van der Waals surface area contributed by atoms with Crippen LogP contribution in [0.25, 0.3) is 0 Å². The highest BCUT2D eigenvalue weighted by molar-refractivity contribution is 5.38. The highest BCUT2D eigenvalue weighted by atomic mass is 16.5. The summed E-state index contributed by atoms with van der Waals surface area (Å²) in [6.07, 6.45) is -0.577. The number of hydrogen-bond donors (Lipinski definition) is 1. The maximum atomic E-state index is 9.74. The van der Waals surface area contributed by atoms with E-state index in [4.69, 9.17) is 14.0 Å². The number of aliphatic hydroxyl groups excluding tert-OH is 1. The molecule has 0 unspecified atom stereocenters. The van der Waals surface area contributed by atoms with Gasteiger partial charge in [-0.15, -0.1) is 0 Å². The molecule has 0 radical (unpaired) electrons. The summed E-state index contributed by atoms with van der Waals surface area (Å²) >= 11 is 0. The summed E-state index contributed by atoms with van der Waals surface area (Å²) in [4.78, 5) is 0. The minimum atomic E-state index is -0.577. The first kappa shape index (κ1) is 14.6. The molecule has 20 heavy (non-hydrogen) atoms. The molecule has 1 aromatic heterocycles. The lowest BCUT2D eigenvalue weighted by Crippen LogP contribution is -2.01. The van der Waals surface area contributed by atoms with Gasteiger partial charge in [0.15, 0.2) is 5.76 Å². The van der Waals surface area contributed by atoms with Crippen molar-refractivity contribution in [3.05, 3.63) is 46.8 Å². The second kappa shape index (κ2) is 6.54. The van der Waals surface area contributed by atoms with Gasteiger partial charge in [0, 0.05) is 18.7 Å². The largest absolute Gasteiger partial charge is 0.487 e. The molecule has 2 rings (SSSR count). The molecule has 1 atom stereocenters. The van der Waals surface area contributed by atoms with Crippen molar-refractivity contribution in [2.45, 2.75) is 33.2 Å². The Kier molecular flexibility index (Phi) is 4.76. The molecule has 0 fully saturated rings. The number of aryl methyl sites for hydroxylation is 1. The molecule has 0 spiro atoms. The molecule has 1 aromatic carbocycles. The number of nitrogens with zero attached hydrogens (tertiary/aromatic N) is 1. The normalized spacial score (nSPS) is 12.4. The monoisotopic (exact) mass is 277 g/mol. The minimum Gasteiger partial charge on any atom is -0.487 e. The van der Waals surface area contributed by atoms with E-state index in [0.717, 1.165) is 11.1 Å². The van der Waals surface area contributed by atoms with Crippen LogP contribution in [0.2, 0.25) is 0 Å². The number of rotatable bonds is 6. The van der Waals surface area contributed by atoms with Crippen LogP contribution in [-0.4, -0.2) is 17.4 Å². The zero-order chi connectivity index (χ0) is 14.5. The molecule has 0 saturated carbocycles. The summed E-state index contributed by atoms with van der Waals surface area (Å²) in [5.74, 6) is 1.32. The Bertz CT molecular complexity index is 563. The summed E-state index contributed by atoms with van der Waals surface area (Å²) in [6.45, 7) is 4.36. The highest BCUT2D eigenvalue weighted by Gasteiger charge is 2.11. The third-order valence-corrected chi connectivity index (χ3v) is 2.89. The van der Waals surface area contributed by atoms with Crippen molar-refractivity contribution in [2.24, 2.45) is 0 Å². The summed E-state index contributed by atoms with van der Waals surface area (Å²) < 4.78 is 15.8. The van der Waals surface area contributed by atoms with Crippen LogP contribution in [0.3, 0.4) is 0 Å². The molecule has 0 amide bonds. The van der Waals surface area contributed by atoms with Crippen molar-refractivity contribution in [3.63, 3.8) is 0 Å². The van der Waals surface area contributed by atoms with Crippen LogP contribution in [0, 0.1) is 6.92 Å². The van der Waals surface area contributed by atoms with E-state index in [1.807, 2.05) is 25.1 Å². The van der Waals surface area contributed by atoms with Crippen molar-refractivity contribution in [1.82, 2.24) is 5.16 Å². The maximum Gasteiger partial charge on any atom is 0.162 e. The molecule has 0 aliphatic carbocycles. The Hall–Kier alpha value is -1.85. The summed E-state index contributed by atoms with van der Waals surface area (Å²) in [6, 6.07) is 7.51. The second-order valence-electron chi connectivity index (χ2n) is 4.72. The van der Waals surface area contributed by atoms with E-state index in [-0.39, 0.29) is 6.61 Å². The lowest BCUT2D eigenvalue weighted by atomic mass is 10.1. The molecule has 0 bridgehead atoms. The van der Waals surface area contributed by atoms with E-state index in [1.54, 1.807) is 20.1 Å². The molecule has 1 N–H and O–H groups in total. The number of aliphatic hydroxyl groups is 1. The van der Waals surface area contributed by atoms with E-state index in [1.165, 1.54) is 0 Å². The van der Waals surface area contributed by atoms with Crippen molar-refractivity contribution in [1.29, 1.82) is 0 Å². The minimum absolute atomic E-state index is 0.288. The van der Waals surface area contributed by atoms with Crippen molar-refractivity contribution >= 4 is 0 Å². The number of hydrogen-bond acceptors (Lipinski definition) is 5. The van der Waals surface area contributed by atoms with Crippen LogP contribution in [0.4, 0.5) is 0 Å². The standard InChI is InChI=1S/C15H19NO4/c1-10-4-5-14(11(2)17)15(6-10)19-8-12-7-13(9-18-3)20-16-12/h4-7,11,17H,8-9H2,1-3H3/t11-/m0/s1. The summed E-state index contributed by atoms with van der Waals surface area (Å²) in [5, 5.41) is 13.6. The summed E-state index contributed by atoms with van der Waals surface area (Å²) in [5.41, 5.74) is 2.52. The number of methoxy groups -OCH3 is 1. The van der Waals surface area contributed by atoms with Gasteiger partial charge < -0.3 is 19.1 Å². The zero-order valence-corrected chi connectivity index (χ0v) is 11.9. The molecule has 108 valence electrons. The molecule has 2 aromatic rings. The number of aromatic nitrogens is 1. The molecule has 0 aliphatic heterocycles. The second-order valence-corrected chi connectivity index (χ2v) is 4.72. The van der Waals surface area contributed by atoms with Crippen LogP contribution >= 0.6 is 0 Å². The molecule has 0 saturated heterocycles. The quantitative estimate of drug-likeness (QED) is 0.879. The van der Waals surface area contributed by atoms with Crippen LogP contribution in [0.1, 0.15) is 35.6 Å². The smallest absolute Gasteiger partial charge is 0.162 e. The Morgan fingerprint density at radius 2 is 2.10 bits per heavy atom. The Labute approximate surface area is 118 Å². The van der Waals surface area contributed by atoms with Crippen molar-refractivity contribution in [2.75, 3.05) is 7.11 Å². The van der Waals surface area contributed by atoms with E-state index < -0.39 is 6.10 Å². The number of benzene rings is 1. The SMILES string of the molecule is COCc1cc(COc2cc(C)ccc2[C@H](C)O)no1. The van der Waals surface area contributed by atoms with Gasteiger partial charge in [0.25, 0.3) is 0 Å². The topological polar surface area (TPSA) is 64.7 Å². The van der Waals surface area contributed by atoms with Gasteiger partial charge in [-0.05, 0) is 25.5 Å². The first-order valence-electron chi connectivity index (χ1n) is 6.45. The van der Waals surface area contributed by atoms with Gasteiger partial charge in [-0.25, -0.2) is 0 Å². The molecular weight excluding hydrogens is 258 g/mol. The average molecular weight is 277 g/mol. The van der Waals surface area contributed by atoms with Crippen molar-refractivity contribution < 1.29 is 19.1 Å². The average Bonchev–Trinajstić information content (AvgIpc) is 2.84. The van der Waals surface area contributed by atoms with E-state index in [0.29, 0.717) is 23.8 Å². The number of ether oxygens (including phenoxy) is 2. The Morgan fingerprint density at radius 3 is 2.80 bits per heavy atom. The van der Waals surface area contributed by atoms with Crippen LogP contribution in [-0.2, 0) is 18.0 Å². The van der Waals surface area contributed by atoms with E-state index in [9.17, 15) is 5.11 Å². The Balaban J connectivity index is 2.07. The van der Waals surface area contributed by atoms with Gasteiger partial charge in [-0.1, -0.05) is 17.3 Å². The Morgan fingerprint density at radius 1 is 1.30 bits per heavy atom. The lowest BCUT2D eigenvalue weighted by molar-refractivity contribution is 0.155. The zero-order valence-electron chi connectivity index (χ0n) is 11.9.